The van der Waals surface area contributed by atoms with Crippen molar-refractivity contribution in [3.8, 4) is 5.75 Å². The lowest BCUT2D eigenvalue weighted by Crippen LogP contribution is -2.32. The molecule has 0 aliphatic carbocycles. The van der Waals surface area contributed by atoms with Gasteiger partial charge >= 0.3 is 0 Å². The van der Waals surface area contributed by atoms with E-state index in [1.54, 1.807) is 7.11 Å². The number of carbonyl (C=O) groups excluding carboxylic acids is 2. The predicted octanol–water partition coefficient (Wildman–Crippen LogP) is 2.58. The van der Waals surface area contributed by atoms with Crippen LogP contribution in [0.3, 0.4) is 0 Å². The van der Waals surface area contributed by atoms with Crippen LogP contribution in [0.4, 0.5) is 0 Å². The molecule has 0 spiro atoms. The van der Waals surface area contributed by atoms with Gasteiger partial charge in [0.2, 0.25) is 11.8 Å². The average Bonchev–Trinajstić information content (AvgIpc) is 2.60. The van der Waals surface area contributed by atoms with E-state index >= 15 is 0 Å². The predicted molar refractivity (Wildman–Crippen MR) is 92.5 cm³/mol. The molecule has 2 aromatic rings. The zero-order chi connectivity index (χ0) is 17.4. The Morgan fingerprint density at radius 3 is 2.29 bits per heavy atom. The molecule has 0 bridgehead atoms. The van der Waals surface area contributed by atoms with Crippen molar-refractivity contribution in [1.82, 2.24) is 10.6 Å². The van der Waals surface area contributed by atoms with Crippen molar-refractivity contribution in [3.05, 3.63) is 65.7 Å². The molecule has 0 fully saturated rings. The van der Waals surface area contributed by atoms with Crippen LogP contribution in [0.5, 0.6) is 5.75 Å². The molecule has 5 heteroatoms. The normalized spacial score (nSPS) is 11.4. The van der Waals surface area contributed by atoms with E-state index in [2.05, 4.69) is 10.6 Å². The number of rotatable bonds is 7. The minimum Gasteiger partial charge on any atom is -0.497 e. The maximum absolute atomic E-state index is 12.2. The van der Waals surface area contributed by atoms with Crippen LogP contribution in [0.25, 0.3) is 0 Å². The summed E-state index contributed by atoms with van der Waals surface area (Å²) in [5.41, 5.74) is 1.90. The lowest BCUT2D eigenvalue weighted by molar-refractivity contribution is -0.122. The summed E-state index contributed by atoms with van der Waals surface area (Å²) in [6.07, 6.45) is 0.179. The first-order valence-electron chi connectivity index (χ1n) is 7.80. The largest absolute Gasteiger partial charge is 0.497 e. The van der Waals surface area contributed by atoms with Crippen molar-refractivity contribution in [3.63, 3.8) is 0 Å². The number of nitrogens with one attached hydrogen (secondary N) is 2. The van der Waals surface area contributed by atoms with Crippen molar-refractivity contribution in [2.75, 3.05) is 7.11 Å². The van der Waals surface area contributed by atoms with Gasteiger partial charge < -0.3 is 15.4 Å². The molecule has 0 aliphatic rings. The van der Waals surface area contributed by atoms with Crippen molar-refractivity contribution < 1.29 is 14.3 Å². The van der Waals surface area contributed by atoms with E-state index in [1.807, 2.05) is 54.6 Å². The highest BCUT2D eigenvalue weighted by Gasteiger charge is 2.17. The van der Waals surface area contributed by atoms with Gasteiger partial charge in [0.1, 0.15) is 5.75 Å². The summed E-state index contributed by atoms with van der Waals surface area (Å²) >= 11 is 0. The van der Waals surface area contributed by atoms with E-state index in [9.17, 15) is 9.59 Å². The maximum Gasteiger partial charge on any atom is 0.222 e. The number of hydrogen-bond donors (Lipinski definition) is 2. The molecule has 2 N–H and O–H groups in total. The highest BCUT2D eigenvalue weighted by atomic mass is 16.5. The lowest BCUT2D eigenvalue weighted by atomic mass is 10.0. The Kier molecular flexibility index (Phi) is 6.37. The Hall–Kier alpha value is -2.82. The summed E-state index contributed by atoms with van der Waals surface area (Å²) in [6.45, 7) is 1.91. The van der Waals surface area contributed by atoms with Crippen molar-refractivity contribution in [2.45, 2.75) is 25.9 Å². The molecule has 0 saturated heterocycles. The Labute approximate surface area is 142 Å². The SMILES string of the molecule is COc1ccc(C(CC(=O)NCc2ccccc2)NC(C)=O)cc1. The van der Waals surface area contributed by atoms with E-state index < -0.39 is 0 Å². The molecule has 24 heavy (non-hydrogen) atoms. The minimum absolute atomic E-state index is 0.117. The van der Waals surface area contributed by atoms with Crippen molar-refractivity contribution in [1.29, 1.82) is 0 Å². The molecule has 2 rings (SSSR count). The fourth-order valence-electron chi connectivity index (χ4n) is 2.39. The van der Waals surface area contributed by atoms with Gasteiger partial charge in [0.25, 0.3) is 0 Å². The van der Waals surface area contributed by atoms with Crippen LogP contribution in [0.1, 0.15) is 30.5 Å². The quantitative estimate of drug-likeness (QED) is 0.822. The van der Waals surface area contributed by atoms with E-state index in [4.69, 9.17) is 4.74 Å². The monoisotopic (exact) mass is 326 g/mol. The van der Waals surface area contributed by atoms with E-state index in [1.165, 1.54) is 6.92 Å². The number of amides is 2. The second-order valence-electron chi connectivity index (χ2n) is 5.49. The topological polar surface area (TPSA) is 67.4 Å². The summed E-state index contributed by atoms with van der Waals surface area (Å²) in [5.74, 6) is 0.439. The van der Waals surface area contributed by atoms with Crippen molar-refractivity contribution >= 4 is 11.8 Å². The Morgan fingerprint density at radius 2 is 1.71 bits per heavy atom. The third-order valence-electron chi connectivity index (χ3n) is 3.62. The smallest absolute Gasteiger partial charge is 0.222 e. The molecular formula is C19H22N2O3. The fraction of sp³-hybridized carbons (Fsp3) is 0.263. The fourth-order valence-corrected chi connectivity index (χ4v) is 2.39. The van der Waals surface area contributed by atoms with Gasteiger partial charge in [-0.15, -0.1) is 0 Å². The summed E-state index contributed by atoms with van der Waals surface area (Å²) in [6, 6.07) is 16.7. The molecule has 0 radical (unpaired) electrons. The Bertz CT molecular complexity index is 669. The first-order valence-corrected chi connectivity index (χ1v) is 7.80. The summed E-state index contributed by atoms with van der Waals surface area (Å²) in [7, 11) is 1.59. The van der Waals surface area contributed by atoms with Gasteiger partial charge in [-0.3, -0.25) is 9.59 Å². The van der Waals surface area contributed by atoms with Gasteiger partial charge in [0.15, 0.2) is 0 Å². The number of carbonyl (C=O) groups is 2. The molecule has 5 nitrogen and oxygen atoms in total. The van der Waals surface area contributed by atoms with Gasteiger partial charge in [0, 0.05) is 13.5 Å². The third-order valence-corrected chi connectivity index (χ3v) is 3.62. The Balaban J connectivity index is 1.99. The molecule has 0 heterocycles. The average molecular weight is 326 g/mol. The van der Waals surface area contributed by atoms with Gasteiger partial charge in [-0.1, -0.05) is 42.5 Å². The van der Waals surface area contributed by atoms with Crippen LogP contribution in [0, 0.1) is 0 Å². The van der Waals surface area contributed by atoms with Crippen LogP contribution in [0.15, 0.2) is 54.6 Å². The molecule has 0 saturated carbocycles. The van der Waals surface area contributed by atoms with E-state index in [0.29, 0.717) is 6.54 Å². The van der Waals surface area contributed by atoms with Crippen LogP contribution < -0.4 is 15.4 Å². The molecule has 2 aromatic carbocycles. The standard InChI is InChI=1S/C19H22N2O3/c1-14(22)21-18(16-8-10-17(24-2)11-9-16)12-19(23)20-13-15-6-4-3-5-7-15/h3-11,18H,12-13H2,1-2H3,(H,20,23)(H,21,22). The number of methoxy groups -OCH3 is 1. The second-order valence-corrected chi connectivity index (χ2v) is 5.49. The zero-order valence-electron chi connectivity index (χ0n) is 13.9. The summed E-state index contributed by atoms with van der Waals surface area (Å²) in [5, 5.41) is 5.70. The minimum atomic E-state index is -0.371. The molecular weight excluding hydrogens is 304 g/mol. The highest BCUT2D eigenvalue weighted by Crippen LogP contribution is 2.20. The van der Waals surface area contributed by atoms with Crippen molar-refractivity contribution in [2.24, 2.45) is 0 Å². The van der Waals surface area contributed by atoms with E-state index in [-0.39, 0.29) is 24.3 Å². The van der Waals surface area contributed by atoms with Crippen LogP contribution in [-0.4, -0.2) is 18.9 Å². The lowest BCUT2D eigenvalue weighted by Gasteiger charge is -2.18. The van der Waals surface area contributed by atoms with E-state index in [0.717, 1.165) is 16.9 Å². The molecule has 126 valence electrons. The van der Waals surface area contributed by atoms with Gasteiger partial charge in [-0.2, -0.15) is 0 Å². The van der Waals surface area contributed by atoms with Gasteiger partial charge in [-0.25, -0.2) is 0 Å². The maximum atomic E-state index is 12.2. The number of hydrogen-bond acceptors (Lipinski definition) is 3. The van der Waals surface area contributed by atoms with Crippen LogP contribution in [-0.2, 0) is 16.1 Å². The molecule has 0 aromatic heterocycles. The van der Waals surface area contributed by atoms with Crippen LogP contribution in [0.2, 0.25) is 0 Å². The first kappa shape index (κ1) is 17.5. The second kappa shape index (κ2) is 8.72. The highest BCUT2D eigenvalue weighted by molar-refractivity contribution is 5.79. The molecule has 2 amide bonds. The molecule has 0 aliphatic heterocycles. The Morgan fingerprint density at radius 1 is 1.04 bits per heavy atom. The molecule has 1 atom stereocenters. The first-order chi connectivity index (χ1) is 11.6. The number of benzene rings is 2. The zero-order valence-corrected chi connectivity index (χ0v) is 13.9. The third kappa shape index (κ3) is 5.43. The number of ether oxygens (including phenoxy) is 1. The summed E-state index contributed by atoms with van der Waals surface area (Å²) in [4.78, 5) is 23.7. The van der Waals surface area contributed by atoms with Crippen LogP contribution >= 0.6 is 0 Å². The van der Waals surface area contributed by atoms with Gasteiger partial charge in [-0.05, 0) is 23.3 Å². The molecule has 1 unspecified atom stereocenters. The van der Waals surface area contributed by atoms with Gasteiger partial charge in [0.05, 0.1) is 19.6 Å². The summed E-state index contributed by atoms with van der Waals surface area (Å²) < 4.78 is 5.13.